The molecular formula is C27H25N3O3S. The van der Waals surface area contributed by atoms with E-state index in [1.54, 1.807) is 11.3 Å². The number of carbonyl (C=O) groups excluding carboxylic acids is 2. The van der Waals surface area contributed by atoms with E-state index in [-0.39, 0.29) is 23.8 Å². The van der Waals surface area contributed by atoms with Crippen LogP contribution in [-0.4, -0.2) is 34.8 Å². The number of furan rings is 1. The Hall–Kier alpha value is -3.45. The van der Waals surface area contributed by atoms with Crippen LogP contribution >= 0.6 is 11.3 Å². The molecule has 0 bridgehead atoms. The summed E-state index contributed by atoms with van der Waals surface area (Å²) in [6, 6.07) is 17.8. The Morgan fingerprint density at radius 3 is 2.68 bits per heavy atom. The molecule has 6 rings (SSSR count). The van der Waals surface area contributed by atoms with Crippen LogP contribution in [0.1, 0.15) is 68.4 Å². The molecule has 2 aromatic carbocycles. The molecule has 34 heavy (non-hydrogen) atoms. The number of fused-ring (bicyclic) bond motifs is 2. The normalized spacial score (nSPS) is 18.2. The molecule has 1 N–H and O–H groups in total. The third-order valence-electron chi connectivity index (χ3n) is 6.96. The van der Waals surface area contributed by atoms with Crippen LogP contribution in [0.5, 0.6) is 0 Å². The molecule has 2 amide bonds. The molecule has 1 aliphatic heterocycles. The second-order valence-electron chi connectivity index (χ2n) is 9.05. The summed E-state index contributed by atoms with van der Waals surface area (Å²) in [4.78, 5) is 32.3. The number of carbonyl (C=O) groups is 2. The Kier molecular flexibility index (Phi) is 5.41. The van der Waals surface area contributed by atoms with Gasteiger partial charge in [0.25, 0.3) is 11.8 Å². The number of thiazole rings is 1. The highest BCUT2D eigenvalue weighted by Crippen LogP contribution is 2.33. The van der Waals surface area contributed by atoms with Crippen LogP contribution in [0.25, 0.3) is 11.0 Å². The molecular weight excluding hydrogens is 446 g/mol. The number of hydrogen-bond donors (Lipinski definition) is 1. The summed E-state index contributed by atoms with van der Waals surface area (Å²) < 4.78 is 5.75. The smallest absolute Gasteiger partial charge is 0.289 e. The number of amides is 2. The fourth-order valence-electron chi connectivity index (χ4n) is 5.09. The summed E-state index contributed by atoms with van der Waals surface area (Å²) in [6.07, 6.45) is 3.58. The maximum atomic E-state index is 12.9. The van der Waals surface area contributed by atoms with Crippen LogP contribution in [-0.2, 0) is 6.42 Å². The minimum Gasteiger partial charge on any atom is -0.451 e. The van der Waals surface area contributed by atoms with Gasteiger partial charge in [-0.3, -0.25) is 9.59 Å². The van der Waals surface area contributed by atoms with Gasteiger partial charge >= 0.3 is 0 Å². The molecule has 1 unspecified atom stereocenters. The number of nitrogens with zero attached hydrogens (tertiary/aromatic N) is 2. The van der Waals surface area contributed by atoms with E-state index < -0.39 is 0 Å². The molecule has 4 aromatic rings. The number of nitrogens with one attached hydrogen (secondary N) is 1. The number of aromatic nitrogens is 1. The molecule has 2 aliphatic rings. The molecule has 1 atom stereocenters. The summed E-state index contributed by atoms with van der Waals surface area (Å²) in [6.45, 7) is 1.31. The molecule has 1 saturated heterocycles. The largest absolute Gasteiger partial charge is 0.451 e. The van der Waals surface area contributed by atoms with Crippen LogP contribution in [0.4, 0.5) is 0 Å². The van der Waals surface area contributed by atoms with Crippen molar-refractivity contribution in [2.45, 2.75) is 37.6 Å². The van der Waals surface area contributed by atoms with Crippen molar-refractivity contribution in [2.75, 3.05) is 13.1 Å². The van der Waals surface area contributed by atoms with E-state index in [4.69, 9.17) is 4.42 Å². The number of hydrogen-bond acceptors (Lipinski definition) is 5. The van der Waals surface area contributed by atoms with Gasteiger partial charge in [-0.1, -0.05) is 42.5 Å². The third-order valence-corrected chi connectivity index (χ3v) is 7.97. The molecule has 3 heterocycles. The standard InChI is InChI=1S/C27H25N3O3S/c31-25(28-21-10-9-17-5-1-3-7-20(17)21)22-16-34-26(29-22)18-11-13-30(14-12-18)27(32)24-15-19-6-2-4-8-23(19)33-24/h1-8,15-16,18,21H,9-14H2,(H,28,31). The van der Waals surface area contributed by atoms with E-state index in [1.165, 1.54) is 11.1 Å². The van der Waals surface area contributed by atoms with Crippen molar-refractivity contribution in [2.24, 2.45) is 0 Å². The fraction of sp³-hybridized carbons (Fsp3) is 0.296. The number of likely N-dealkylation sites (tertiary alicyclic amines) is 1. The van der Waals surface area contributed by atoms with Gasteiger partial charge in [0.1, 0.15) is 11.3 Å². The molecule has 1 aliphatic carbocycles. The van der Waals surface area contributed by atoms with E-state index in [9.17, 15) is 9.59 Å². The van der Waals surface area contributed by atoms with Crippen molar-refractivity contribution in [1.29, 1.82) is 0 Å². The highest BCUT2D eigenvalue weighted by Gasteiger charge is 2.29. The average Bonchev–Trinajstić information content (AvgIpc) is 3.62. The van der Waals surface area contributed by atoms with Crippen LogP contribution in [0.2, 0.25) is 0 Å². The lowest BCUT2D eigenvalue weighted by Crippen LogP contribution is -2.37. The van der Waals surface area contributed by atoms with Gasteiger partial charge < -0.3 is 14.6 Å². The Labute approximate surface area is 201 Å². The van der Waals surface area contributed by atoms with Gasteiger partial charge in [0.2, 0.25) is 0 Å². The molecule has 0 spiro atoms. The molecule has 6 nitrogen and oxygen atoms in total. The first-order valence-corrected chi connectivity index (χ1v) is 12.7. The molecule has 7 heteroatoms. The molecule has 1 fully saturated rings. The second kappa shape index (κ2) is 8.72. The topological polar surface area (TPSA) is 75.4 Å². The Balaban J connectivity index is 1.07. The van der Waals surface area contributed by atoms with E-state index in [0.717, 1.165) is 41.7 Å². The molecule has 0 radical (unpaired) electrons. The number of rotatable bonds is 4. The highest BCUT2D eigenvalue weighted by atomic mass is 32.1. The number of aryl methyl sites for hydroxylation is 1. The summed E-state index contributed by atoms with van der Waals surface area (Å²) in [7, 11) is 0. The van der Waals surface area contributed by atoms with Crippen LogP contribution in [0.15, 0.2) is 64.4 Å². The summed E-state index contributed by atoms with van der Waals surface area (Å²) >= 11 is 1.54. The fourth-order valence-corrected chi connectivity index (χ4v) is 6.06. The SMILES string of the molecule is O=C(NC1CCc2ccccc21)c1csc(C2CCN(C(=O)c3cc4ccccc4o3)CC2)n1. The average molecular weight is 472 g/mol. The van der Waals surface area contributed by atoms with Crippen molar-refractivity contribution in [3.63, 3.8) is 0 Å². The first-order valence-electron chi connectivity index (χ1n) is 11.8. The van der Waals surface area contributed by atoms with Gasteiger partial charge in [-0.2, -0.15) is 0 Å². The van der Waals surface area contributed by atoms with E-state index >= 15 is 0 Å². The quantitative estimate of drug-likeness (QED) is 0.437. The monoisotopic (exact) mass is 471 g/mol. The van der Waals surface area contributed by atoms with Crippen molar-refractivity contribution >= 4 is 34.1 Å². The van der Waals surface area contributed by atoms with Gasteiger partial charge in [-0.05, 0) is 48.9 Å². The predicted molar refractivity (Wildman–Crippen MR) is 131 cm³/mol. The van der Waals surface area contributed by atoms with E-state index in [0.29, 0.717) is 24.5 Å². The predicted octanol–water partition coefficient (Wildman–Crippen LogP) is 5.33. The van der Waals surface area contributed by atoms with Gasteiger partial charge in [-0.15, -0.1) is 11.3 Å². The van der Waals surface area contributed by atoms with Crippen LogP contribution in [0, 0.1) is 0 Å². The number of benzene rings is 2. The summed E-state index contributed by atoms with van der Waals surface area (Å²) in [5.41, 5.74) is 3.75. The number of para-hydroxylation sites is 1. The lowest BCUT2D eigenvalue weighted by Gasteiger charge is -2.30. The zero-order valence-corrected chi connectivity index (χ0v) is 19.5. The van der Waals surface area contributed by atoms with Gasteiger partial charge in [0.05, 0.1) is 11.0 Å². The maximum absolute atomic E-state index is 12.9. The number of piperidine rings is 1. The minimum atomic E-state index is -0.110. The maximum Gasteiger partial charge on any atom is 0.289 e. The van der Waals surface area contributed by atoms with E-state index in [2.05, 4.69) is 22.4 Å². The lowest BCUT2D eigenvalue weighted by atomic mass is 9.97. The van der Waals surface area contributed by atoms with Gasteiger partial charge in [0.15, 0.2) is 5.76 Å². The third kappa shape index (κ3) is 3.90. The van der Waals surface area contributed by atoms with Crippen molar-refractivity contribution in [3.8, 4) is 0 Å². The molecule has 2 aromatic heterocycles. The Morgan fingerprint density at radius 1 is 1.03 bits per heavy atom. The minimum absolute atomic E-state index is 0.0568. The first kappa shape index (κ1) is 21.1. The molecule has 0 saturated carbocycles. The van der Waals surface area contributed by atoms with Crippen LogP contribution < -0.4 is 5.32 Å². The van der Waals surface area contributed by atoms with Crippen molar-refractivity contribution in [1.82, 2.24) is 15.2 Å². The van der Waals surface area contributed by atoms with Crippen molar-refractivity contribution in [3.05, 3.63) is 87.6 Å². The zero-order valence-electron chi connectivity index (χ0n) is 18.7. The van der Waals surface area contributed by atoms with Crippen LogP contribution in [0.3, 0.4) is 0 Å². The van der Waals surface area contributed by atoms with E-state index in [1.807, 2.05) is 52.7 Å². The zero-order chi connectivity index (χ0) is 23.1. The van der Waals surface area contributed by atoms with Gasteiger partial charge in [0, 0.05) is 29.8 Å². The summed E-state index contributed by atoms with van der Waals surface area (Å²) in [5, 5.41) is 6.94. The lowest BCUT2D eigenvalue weighted by molar-refractivity contribution is 0.0683. The first-order chi connectivity index (χ1) is 16.7. The van der Waals surface area contributed by atoms with Crippen molar-refractivity contribution < 1.29 is 14.0 Å². The molecule has 172 valence electrons. The Bertz CT molecular complexity index is 1330. The Morgan fingerprint density at radius 2 is 1.82 bits per heavy atom. The summed E-state index contributed by atoms with van der Waals surface area (Å²) in [5.74, 6) is 0.479. The van der Waals surface area contributed by atoms with Gasteiger partial charge in [-0.25, -0.2) is 4.98 Å². The second-order valence-corrected chi connectivity index (χ2v) is 9.94. The highest BCUT2D eigenvalue weighted by molar-refractivity contribution is 7.09.